The number of hydrogen-bond donors (Lipinski definition) is 2. The fourth-order valence-electron chi connectivity index (χ4n) is 1.79. The lowest BCUT2D eigenvalue weighted by Crippen LogP contribution is -2.13. The highest BCUT2D eigenvalue weighted by Crippen LogP contribution is 2.22. The third kappa shape index (κ3) is 1.81. The van der Waals surface area contributed by atoms with Crippen LogP contribution >= 0.6 is 12.2 Å². The number of rotatable bonds is 1. The van der Waals surface area contributed by atoms with Gasteiger partial charge in [0.15, 0.2) is 0 Å². The Morgan fingerprint density at radius 2 is 2.38 bits per heavy atom. The highest BCUT2D eigenvalue weighted by molar-refractivity contribution is 7.71. The normalized spacial score (nSPS) is 22.1. The zero-order valence-electron chi connectivity index (χ0n) is 7.76. The number of pyridine rings is 1. The molecule has 2 heterocycles. The van der Waals surface area contributed by atoms with Crippen LogP contribution in [-0.4, -0.2) is 11.5 Å². The van der Waals surface area contributed by atoms with Crippen LogP contribution in [0.2, 0.25) is 0 Å². The SMILES string of the molecule is Cc1cc([C@H]2CCCN2)c[nH]c1=S. The zero-order valence-corrected chi connectivity index (χ0v) is 8.58. The number of hydrogen-bond acceptors (Lipinski definition) is 2. The van der Waals surface area contributed by atoms with E-state index in [0.29, 0.717) is 6.04 Å². The first-order chi connectivity index (χ1) is 6.27. The molecular weight excluding hydrogens is 180 g/mol. The molecule has 1 aromatic heterocycles. The predicted octanol–water partition coefficient (Wildman–Crippen LogP) is 2.48. The molecule has 1 aliphatic heterocycles. The van der Waals surface area contributed by atoms with Crippen LogP contribution in [0, 0.1) is 11.6 Å². The summed E-state index contributed by atoms with van der Waals surface area (Å²) in [5.41, 5.74) is 2.50. The summed E-state index contributed by atoms with van der Waals surface area (Å²) in [5.74, 6) is 0. The first-order valence-electron chi connectivity index (χ1n) is 4.70. The highest BCUT2D eigenvalue weighted by Gasteiger charge is 2.15. The minimum Gasteiger partial charge on any atom is -0.352 e. The maximum absolute atomic E-state index is 5.11. The molecule has 2 nitrogen and oxygen atoms in total. The van der Waals surface area contributed by atoms with E-state index < -0.39 is 0 Å². The van der Waals surface area contributed by atoms with E-state index in [0.717, 1.165) is 11.2 Å². The molecule has 0 bridgehead atoms. The third-order valence-corrected chi connectivity index (χ3v) is 3.01. The average Bonchev–Trinajstić information content (AvgIpc) is 2.62. The smallest absolute Gasteiger partial charge is 0.106 e. The summed E-state index contributed by atoms with van der Waals surface area (Å²) >= 11 is 5.11. The maximum atomic E-state index is 5.11. The van der Waals surface area contributed by atoms with Crippen molar-refractivity contribution in [2.24, 2.45) is 0 Å². The molecule has 70 valence electrons. The van der Waals surface area contributed by atoms with Gasteiger partial charge in [-0.15, -0.1) is 0 Å². The molecule has 1 aliphatic rings. The first kappa shape index (κ1) is 8.91. The lowest BCUT2D eigenvalue weighted by atomic mass is 10.1. The topological polar surface area (TPSA) is 27.8 Å². The average molecular weight is 194 g/mol. The standard InChI is InChI=1S/C10H14N2S/c1-7-5-8(6-12-10(7)13)9-3-2-4-11-9/h5-6,9,11H,2-4H2,1H3,(H,12,13)/t9-/m1/s1. The molecule has 0 amide bonds. The summed E-state index contributed by atoms with van der Waals surface area (Å²) in [4.78, 5) is 3.12. The quantitative estimate of drug-likeness (QED) is 0.672. The molecule has 0 radical (unpaired) electrons. The molecule has 0 saturated carbocycles. The molecule has 1 aromatic rings. The molecule has 0 spiro atoms. The van der Waals surface area contributed by atoms with E-state index in [-0.39, 0.29) is 0 Å². The third-order valence-electron chi connectivity index (χ3n) is 2.57. The number of nitrogens with one attached hydrogen (secondary N) is 2. The van der Waals surface area contributed by atoms with Gasteiger partial charge in [0.1, 0.15) is 4.64 Å². The van der Waals surface area contributed by atoms with Gasteiger partial charge in [-0.3, -0.25) is 0 Å². The van der Waals surface area contributed by atoms with E-state index in [9.17, 15) is 0 Å². The van der Waals surface area contributed by atoms with Crippen LogP contribution in [0.5, 0.6) is 0 Å². The molecule has 2 rings (SSSR count). The van der Waals surface area contributed by atoms with Crippen molar-refractivity contribution >= 4 is 12.2 Å². The second kappa shape index (κ2) is 3.60. The Kier molecular flexibility index (Phi) is 2.47. The Balaban J connectivity index is 2.30. The molecule has 3 heteroatoms. The Bertz CT molecular complexity index is 350. The highest BCUT2D eigenvalue weighted by atomic mass is 32.1. The molecule has 0 aromatic carbocycles. The lowest BCUT2D eigenvalue weighted by Gasteiger charge is -2.10. The van der Waals surface area contributed by atoms with Gasteiger partial charge in [-0.05, 0) is 37.4 Å². The van der Waals surface area contributed by atoms with Crippen LogP contribution in [0.1, 0.15) is 30.0 Å². The number of aromatic amines is 1. The Morgan fingerprint density at radius 3 is 3.00 bits per heavy atom. The van der Waals surface area contributed by atoms with Gasteiger partial charge >= 0.3 is 0 Å². The minimum atomic E-state index is 0.533. The fourth-order valence-corrected chi connectivity index (χ4v) is 1.91. The Morgan fingerprint density at radius 1 is 1.54 bits per heavy atom. The van der Waals surface area contributed by atoms with E-state index in [4.69, 9.17) is 12.2 Å². The van der Waals surface area contributed by atoms with Gasteiger partial charge in [-0.25, -0.2) is 0 Å². The van der Waals surface area contributed by atoms with Crippen molar-refractivity contribution in [1.82, 2.24) is 10.3 Å². The van der Waals surface area contributed by atoms with Crippen molar-refractivity contribution in [2.75, 3.05) is 6.54 Å². The summed E-state index contributed by atoms with van der Waals surface area (Å²) < 4.78 is 0.849. The van der Waals surface area contributed by atoms with Crippen molar-refractivity contribution in [3.05, 3.63) is 28.0 Å². The predicted molar refractivity (Wildman–Crippen MR) is 56.3 cm³/mol. The molecule has 0 unspecified atom stereocenters. The van der Waals surface area contributed by atoms with E-state index >= 15 is 0 Å². The van der Waals surface area contributed by atoms with E-state index in [2.05, 4.69) is 23.3 Å². The van der Waals surface area contributed by atoms with Gasteiger partial charge < -0.3 is 10.3 Å². The van der Waals surface area contributed by atoms with Crippen molar-refractivity contribution in [3.8, 4) is 0 Å². The monoisotopic (exact) mass is 194 g/mol. The Labute approximate surface area is 83.4 Å². The van der Waals surface area contributed by atoms with E-state index in [1.165, 1.54) is 24.0 Å². The van der Waals surface area contributed by atoms with E-state index in [1.807, 2.05) is 6.20 Å². The van der Waals surface area contributed by atoms with Crippen LogP contribution in [0.15, 0.2) is 12.3 Å². The number of H-pyrrole nitrogens is 1. The van der Waals surface area contributed by atoms with Crippen molar-refractivity contribution < 1.29 is 0 Å². The molecule has 1 saturated heterocycles. The van der Waals surface area contributed by atoms with Crippen molar-refractivity contribution in [1.29, 1.82) is 0 Å². The second-order valence-corrected chi connectivity index (χ2v) is 4.00. The van der Waals surface area contributed by atoms with Crippen LogP contribution in [-0.2, 0) is 0 Å². The second-order valence-electron chi connectivity index (χ2n) is 3.59. The molecule has 2 N–H and O–H groups in total. The largest absolute Gasteiger partial charge is 0.352 e. The maximum Gasteiger partial charge on any atom is 0.106 e. The summed E-state index contributed by atoms with van der Waals surface area (Å²) in [5, 5.41) is 3.47. The Hall–Kier alpha value is -0.670. The fraction of sp³-hybridized carbons (Fsp3) is 0.500. The number of aromatic nitrogens is 1. The molecular formula is C10H14N2S. The summed E-state index contributed by atoms with van der Waals surface area (Å²) in [6, 6.07) is 2.72. The lowest BCUT2D eigenvalue weighted by molar-refractivity contribution is 0.644. The molecule has 1 atom stereocenters. The van der Waals surface area contributed by atoms with Crippen LogP contribution < -0.4 is 5.32 Å². The van der Waals surface area contributed by atoms with E-state index in [1.54, 1.807) is 0 Å². The van der Waals surface area contributed by atoms with Gasteiger partial charge in [0, 0.05) is 12.2 Å². The summed E-state index contributed by atoms with van der Waals surface area (Å²) in [6.07, 6.45) is 4.54. The zero-order chi connectivity index (χ0) is 9.26. The molecule has 1 fully saturated rings. The van der Waals surface area contributed by atoms with Crippen LogP contribution in [0.4, 0.5) is 0 Å². The minimum absolute atomic E-state index is 0.533. The molecule has 0 aliphatic carbocycles. The van der Waals surface area contributed by atoms with Gasteiger partial charge in [0.2, 0.25) is 0 Å². The number of aryl methyl sites for hydroxylation is 1. The molecule has 13 heavy (non-hydrogen) atoms. The van der Waals surface area contributed by atoms with Crippen molar-refractivity contribution in [3.63, 3.8) is 0 Å². The van der Waals surface area contributed by atoms with Crippen molar-refractivity contribution in [2.45, 2.75) is 25.8 Å². The van der Waals surface area contributed by atoms with Gasteiger partial charge in [-0.1, -0.05) is 18.3 Å². The summed E-state index contributed by atoms with van der Waals surface area (Å²) in [6.45, 7) is 3.19. The van der Waals surface area contributed by atoms with Crippen LogP contribution in [0.3, 0.4) is 0 Å². The van der Waals surface area contributed by atoms with Crippen LogP contribution in [0.25, 0.3) is 0 Å². The first-order valence-corrected chi connectivity index (χ1v) is 5.11. The summed E-state index contributed by atoms with van der Waals surface area (Å²) in [7, 11) is 0. The van der Waals surface area contributed by atoms with Gasteiger partial charge in [0.05, 0.1) is 0 Å². The van der Waals surface area contributed by atoms with Gasteiger partial charge in [-0.2, -0.15) is 0 Å². The van der Waals surface area contributed by atoms with Gasteiger partial charge in [0.25, 0.3) is 0 Å².